The predicted molar refractivity (Wildman–Crippen MR) is 152 cm³/mol. The van der Waals surface area contributed by atoms with Crippen molar-refractivity contribution in [3.8, 4) is 0 Å². The van der Waals surface area contributed by atoms with Crippen LogP contribution in [0.5, 0.6) is 0 Å². The van der Waals surface area contributed by atoms with Gasteiger partial charge in [0.15, 0.2) is 0 Å². The molecule has 0 aromatic heterocycles. The summed E-state index contributed by atoms with van der Waals surface area (Å²) in [7, 11) is 0. The van der Waals surface area contributed by atoms with Gasteiger partial charge in [0.05, 0.1) is 5.41 Å². The number of benzene rings is 3. The number of carbonyl (C=O) groups is 3. The molecule has 3 rings (SSSR count). The lowest BCUT2D eigenvalue weighted by Crippen LogP contribution is -2.38. The van der Waals surface area contributed by atoms with E-state index >= 15 is 0 Å². The molecule has 6 nitrogen and oxygen atoms in total. The topological polar surface area (TPSA) is 78.9 Å². The Kier molecular flexibility index (Phi) is 11.5. The summed E-state index contributed by atoms with van der Waals surface area (Å²) in [5, 5.41) is 0. The minimum absolute atomic E-state index is 0.104. The molecule has 0 atom stereocenters. The normalized spacial score (nSPS) is 11.6. The summed E-state index contributed by atoms with van der Waals surface area (Å²) in [6, 6.07) is 28.1. The summed E-state index contributed by atoms with van der Waals surface area (Å²) >= 11 is 0. The van der Waals surface area contributed by atoms with Gasteiger partial charge in [-0.3, -0.25) is 0 Å². The summed E-state index contributed by atoms with van der Waals surface area (Å²) in [6.07, 6.45) is 9.38. The van der Waals surface area contributed by atoms with Crippen LogP contribution in [-0.2, 0) is 28.6 Å². The second-order valence-corrected chi connectivity index (χ2v) is 8.91. The average molecular weight is 525 g/mol. The molecule has 0 saturated heterocycles. The highest BCUT2D eigenvalue weighted by atomic mass is 16.6. The number of hydrogen-bond donors (Lipinski definition) is 0. The molecule has 0 N–H and O–H groups in total. The first-order valence-electron chi connectivity index (χ1n) is 12.7. The molecule has 0 fully saturated rings. The average Bonchev–Trinajstić information content (AvgIpc) is 2.99. The molecule has 0 aliphatic heterocycles. The van der Waals surface area contributed by atoms with Gasteiger partial charge in [0.1, 0.15) is 19.8 Å². The monoisotopic (exact) mass is 524 g/mol. The van der Waals surface area contributed by atoms with Crippen LogP contribution < -0.4 is 0 Å². The Hall–Kier alpha value is -4.71. The van der Waals surface area contributed by atoms with Crippen LogP contribution in [0, 0.1) is 5.41 Å². The van der Waals surface area contributed by atoms with Gasteiger partial charge in [-0.2, -0.15) is 0 Å². The molecule has 0 radical (unpaired) electrons. The summed E-state index contributed by atoms with van der Waals surface area (Å²) in [5.74, 6) is -1.66. The van der Waals surface area contributed by atoms with Crippen LogP contribution in [0.1, 0.15) is 30.0 Å². The summed E-state index contributed by atoms with van der Waals surface area (Å²) in [4.78, 5) is 37.3. The van der Waals surface area contributed by atoms with Gasteiger partial charge in [-0.1, -0.05) is 97.9 Å². The Morgan fingerprint density at radius 2 is 0.821 bits per heavy atom. The number of carbonyl (C=O) groups excluding carboxylic acids is 3. The number of ether oxygens (including phenoxy) is 3. The van der Waals surface area contributed by atoms with Crippen molar-refractivity contribution in [2.75, 3.05) is 19.8 Å². The zero-order chi connectivity index (χ0) is 27.8. The molecular weight excluding hydrogens is 492 g/mol. The summed E-state index contributed by atoms with van der Waals surface area (Å²) in [5.41, 5.74) is 1.64. The minimum Gasteiger partial charge on any atom is -0.462 e. The predicted octanol–water partition coefficient (Wildman–Crippen LogP) is 6.15. The Morgan fingerprint density at radius 1 is 0.538 bits per heavy atom. The van der Waals surface area contributed by atoms with Crippen LogP contribution in [0.3, 0.4) is 0 Å². The van der Waals surface area contributed by atoms with Gasteiger partial charge < -0.3 is 14.2 Å². The maximum absolute atomic E-state index is 12.4. The van der Waals surface area contributed by atoms with E-state index in [0.717, 1.165) is 16.7 Å². The van der Waals surface area contributed by atoms with Gasteiger partial charge in [0.25, 0.3) is 0 Å². The Balaban J connectivity index is 1.64. The SMILES string of the molecule is CCC(COC(=O)/C=C/c1ccccc1)(COC(=O)/C=C/c1ccccc1)COC(=O)/C=C/c1ccccc1. The van der Waals surface area contributed by atoms with E-state index in [1.165, 1.54) is 18.2 Å². The van der Waals surface area contributed by atoms with Crippen LogP contribution in [0.4, 0.5) is 0 Å². The molecule has 0 aliphatic carbocycles. The van der Waals surface area contributed by atoms with Crippen LogP contribution in [0.25, 0.3) is 18.2 Å². The van der Waals surface area contributed by atoms with Gasteiger partial charge in [0, 0.05) is 18.2 Å². The lowest BCUT2D eigenvalue weighted by atomic mass is 9.88. The molecule has 0 saturated carbocycles. The van der Waals surface area contributed by atoms with Crippen molar-refractivity contribution in [1.29, 1.82) is 0 Å². The standard InChI is InChI=1S/C33H32O6/c1-2-33(24-37-30(34)21-18-27-12-6-3-7-13-27,25-38-31(35)22-19-28-14-8-4-9-15-28)26-39-32(36)23-20-29-16-10-5-11-17-29/h3-23H,2,24-26H2,1H3/b21-18+,22-19+,23-20+. The molecule has 0 amide bonds. The lowest BCUT2D eigenvalue weighted by molar-refractivity contribution is -0.155. The number of rotatable bonds is 13. The highest BCUT2D eigenvalue weighted by Crippen LogP contribution is 2.25. The van der Waals surface area contributed by atoms with Gasteiger partial charge >= 0.3 is 17.9 Å². The largest absolute Gasteiger partial charge is 0.462 e. The zero-order valence-corrected chi connectivity index (χ0v) is 21.9. The first-order valence-corrected chi connectivity index (χ1v) is 12.7. The minimum atomic E-state index is -0.928. The van der Waals surface area contributed by atoms with Gasteiger partial charge in [-0.05, 0) is 41.3 Å². The second-order valence-electron chi connectivity index (χ2n) is 8.91. The van der Waals surface area contributed by atoms with E-state index in [1.807, 2.05) is 97.9 Å². The molecule has 6 heteroatoms. The molecule has 0 bridgehead atoms. The van der Waals surface area contributed by atoms with Crippen molar-refractivity contribution in [3.63, 3.8) is 0 Å². The highest BCUT2D eigenvalue weighted by Gasteiger charge is 2.33. The highest BCUT2D eigenvalue weighted by molar-refractivity contribution is 5.88. The molecule has 0 aliphatic rings. The van der Waals surface area contributed by atoms with E-state index in [2.05, 4.69) is 0 Å². The first kappa shape index (κ1) is 28.9. The van der Waals surface area contributed by atoms with Crippen LogP contribution >= 0.6 is 0 Å². The molecule has 39 heavy (non-hydrogen) atoms. The van der Waals surface area contributed by atoms with E-state index in [1.54, 1.807) is 18.2 Å². The molecule has 200 valence electrons. The fourth-order valence-corrected chi connectivity index (χ4v) is 3.43. The molecule has 0 heterocycles. The van der Waals surface area contributed by atoms with E-state index in [-0.39, 0.29) is 19.8 Å². The fraction of sp³-hybridized carbons (Fsp3) is 0.182. The molecule has 3 aromatic rings. The second kappa shape index (κ2) is 15.5. The third-order valence-corrected chi connectivity index (χ3v) is 5.95. The Labute approximate surface area is 229 Å². The summed E-state index contributed by atoms with van der Waals surface area (Å²) < 4.78 is 16.5. The lowest BCUT2D eigenvalue weighted by Gasteiger charge is -2.30. The van der Waals surface area contributed by atoms with Crippen LogP contribution in [-0.4, -0.2) is 37.7 Å². The van der Waals surface area contributed by atoms with Gasteiger partial charge in [0.2, 0.25) is 0 Å². The Bertz CT molecular complexity index is 1120. The molecule has 0 spiro atoms. The van der Waals surface area contributed by atoms with Crippen molar-refractivity contribution in [3.05, 3.63) is 126 Å². The first-order chi connectivity index (χ1) is 19.0. The van der Waals surface area contributed by atoms with Crippen molar-refractivity contribution in [1.82, 2.24) is 0 Å². The number of hydrogen-bond acceptors (Lipinski definition) is 6. The van der Waals surface area contributed by atoms with E-state index in [0.29, 0.717) is 6.42 Å². The van der Waals surface area contributed by atoms with Crippen molar-refractivity contribution < 1.29 is 28.6 Å². The molecular formula is C33H32O6. The molecule has 3 aromatic carbocycles. The molecule has 0 unspecified atom stereocenters. The van der Waals surface area contributed by atoms with Crippen molar-refractivity contribution >= 4 is 36.1 Å². The van der Waals surface area contributed by atoms with Crippen molar-refractivity contribution in [2.45, 2.75) is 13.3 Å². The van der Waals surface area contributed by atoms with E-state index in [4.69, 9.17) is 14.2 Å². The Morgan fingerprint density at radius 3 is 1.08 bits per heavy atom. The third kappa shape index (κ3) is 10.7. The van der Waals surface area contributed by atoms with E-state index < -0.39 is 23.3 Å². The fourth-order valence-electron chi connectivity index (χ4n) is 3.43. The van der Waals surface area contributed by atoms with Crippen molar-refractivity contribution in [2.24, 2.45) is 5.41 Å². The van der Waals surface area contributed by atoms with Gasteiger partial charge in [-0.15, -0.1) is 0 Å². The number of esters is 3. The van der Waals surface area contributed by atoms with Crippen LogP contribution in [0.2, 0.25) is 0 Å². The maximum atomic E-state index is 12.4. The van der Waals surface area contributed by atoms with Gasteiger partial charge in [-0.25, -0.2) is 14.4 Å². The zero-order valence-electron chi connectivity index (χ0n) is 21.9. The smallest absolute Gasteiger partial charge is 0.330 e. The van der Waals surface area contributed by atoms with E-state index in [9.17, 15) is 14.4 Å². The summed E-state index contributed by atoms with van der Waals surface area (Å²) in [6.45, 7) is 1.54. The van der Waals surface area contributed by atoms with Crippen LogP contribution in [0.15, 0.2) is 109 Å². The third-order valence-electron chi connectivity index (χ3n) is 5.95. The maximum Gasteiger partial charge on any atom is 0.330 e. The quantitative estimate of drug-likeness (QED) is 0.152.